The second-order valence-electron chi connectivity index (χ2n) is 6.13. The molecule has 1 unspecified atom stereocenters. The lowest BCUT2D eigenvalue weighted by molar-refractivity contribution is 0.166. The van der Waals surface area contributed by atoms with Gasteiger partial charge in [0.25, 0.3) is 0 Å². The number of benzene rings is 2. The molecule has 0 aliphatic carbocycles. The van der Waals surface area contributed by atoms with Crippen molar-refractivity contribution < 1.29 is 0 Å². The van der Waals surface area contributed by atoms with Crippen molar-refractivity contribution in [1.29, 1.82) is 0 Å². The van der Waals surface area contributed by atoms with Gasteiger partial charge >= 0.3 is 0 Å². The minimum absolute atomic E-state index is 0.0279. The Morgan fingerprint density at radius 3 is 2.33 bits per heavy atom. The molecule has 5 nitrogen and oxygen atoms in total. The number of nitrogens with zero attached hydrogens (tertiary/aromatic N) is 3. The highest BCUT2D eigenvalue weighted by Crippen LogP contribution is 2.28. The fourth-order valence-corrected chi connectivity index (χ4v) is 3.23. The molecule has 1 aliphatic rings. The van der Waals surface area contributed by atoms with E-state index in [1.165, 1.54) is 16.7 Å². The van der Waals surface area contributed by atoms with Crippen molar-refractivity contribution in [2.45, 2.75) is 25.9 Å². The number of hydrazone groups is 1. The Morgan fingerprint density at radius 2 is 1.71 bits per heavy atom. The van der Waals surface area contributed by atoms with Gasteiger partial charge in [-0.05, 0) is 23.1 Å². The molecule has 2 aromatic carbocycles. The van der Waals surface area contributed by atoms with Crippen LogP contribution in [-0.4, -0.2) is 28.8 Å². The zero-order chi connectivity index (χ0) is 16.9. The molecule has 2 aromatic rings. The Bertz CT molecular complexity index is 681. The highest BCUT2D eigenvalue weighted by Gasteiger charge is 2.33. The second-order valence-corrected chi connectivity index (χ2v) is 6.13. The molecule has 0 saturated carbocycles. The third-order valence-corrected chi connectivity index (χ3v) is 4.60. The van der Waals surface area contributed by atoms with Crippen molar-refractivity contribution in [2.24, 2.45) is 16.8 Å². The molecule has 3 rings (SSSR count). The average Bonchev–Trinajstić information content (AvgIpc) is 2.64. The molecule has 1 heterocycles. The molecule has 0 radical (unpaired) electrons. The van der Waals surface area contributed by atoms with Crippen LogP contribution in [0, 0.1) is 0 Å². The summed E-state index contributed by atoms with van der Waals surface area (Å²) in [5, 5.41) is 5.66. The van der Waals surface area contributed by atoms with Gasteiger partial charge in [0.15, 0.2) is 5.84 Å². The van der Waals surface area contributed by atoms with Crippen LogP contribution in [0.15, 0.2) is 59.7 Å². The molecule has 0 amide bonds. The van der Waals surface area contributed by atoms with E-state index >= 15 is 0 Å². The van der Waals surface area contributed by atoms with Gasteiger partial charge in [-0.1, -0.05) is 61.5 Å². The first-order chi connectivity index (χ1) is 11.7. The number of nitrogens with two attached hydrogens (primary N) is 2. The van der Waals surface area contributed by atoms with Crippen LogP contribution in [0.1, 0.15) is 29.7 Å². The predicted octanol–water partition coefficient (Wildman–Crippen LogP) is 2.25. The topological polar surface area (TPSA) is 70.9 Å². The lowest BCUT2D eigenvalue weighted by Crippen LogP contribution is -2.55. The van der Waals surface area contributed by atoms with Gasteiger partial charge in [-0.25, -0.2) is 5.84 Å². The molecule has 5 heteroatoms. The zero-order valence-corrected chi connectivity index (χ0v) is 14.1. The number of amidine groups is 1. The largest absolute Gasteiger partial charge is 0.321 e. The fraction of sp³-hybridized carbons (Fsp3) is 0.316. The van der Waals surface area contributed by atoms with Crippen LogP contribution in [0.25, 0.3) is 0 Å². The quantitative estimate of drug-likeness (QED) is 0.669. The highest BCUT2D eigenvalue weighted by molar-refractivity contribution is 5.88. The van der Waals surface area contributed by atoms with Gasteiger partial charge < -0.3 is 5.84 Å². The predicted molar refractivity (Wildman–Crippen MR) is 97.9 cm³/mol. The highest BCUT2D eigenvalue weighted by atomic mass is 15.5. The van der Waals surface area contributed by atoms with E-state index in [1.807, 2.05) is 6.07 Å². The van der Waals surface area contributed by atoms with E-state index in [0.29, 0.717) is 12.4 Å². The molecule has 1 saturated heterocycles. The first-order valence-corrected chi connectivity index (χ1v) is 8.39. The maximum atomic E-state index is 6.12. The maximum absolute atomic E-state index is 6.12. The van der Waals surface area contributed by atoms with Crippen molar-refractivity contribution >= 4 is 5.84 Å². The smallest absolute Gasteiger partial charge is 0.160 e. The molecule has 126 valence electrons. The molecular formula is C19H25N5. The van der Waals surface area contributed by atoms with Crippen LogP contribution in [0.4, 0.5) is 0 Å². The first kappa shape index (κ1) is 16.5. The Kier molecular flexibility index (Phi) is 5.13. The van der Waals surface area contributed by atoms with Crippen LogP contribution in [0.5, 0.6) is 0 Å². The molecule has 0 aromatic heterocycles. The lowest BCUT2D eigenvalue weighted by Gasteiger charge is -2.41. The summed E-state index contributed by atoms with van der Waals surface area (Å²) in [4.78, 5) is 2.38. The van der Waals surface area contributed by atoms with E-state index in [-0.39, 0.29) is 6.04 Å². The Hall–Kier alpha value is -2.37. The van der Waals surface area contributed by atoms with E-state index in [4.69, 9.17) is 11.7 Å². The van der Waals surface area contributed by atoms with Gasteiger partial charge in [-0.15, -0.1) is 0 Å². The SMILES string of the molecule is CCc1ccc(C2/C(=N/N)N(N)CCN2Cc2ccccc2)cc1. The third-order valence-electron chi connectivity index (χ3n) is 4.60. The Morgan fingerprint density at radius 1 is 1.00 bits per heavy atom. The van der Waals surface area contributed by atoms with E-state index in [9.17, 15) is 0 Å². The summed E-state index contributed by atoms with van der Waals surface area (Å²) in [6, 6.07) is 19.1. The summed E-state index contributed by atoms with van der Waals surface area (Å²) in [6.07, 6.45) is 1.03. The van der Waals surface area contributed by atoms with Crippen LogP contribution >= 0.6 is 0 Å². The maximum Gasteiger partial charge on any atom is 0.160 e. The number of hydrazine groups is 1. The number of aryl methyl sites for hydroxylation is 1. The molecule has 1 fully saturated rings. The van der Waals surface area contributed by atoms with Gasteiger partial charge in [0.2, 0.25) is 0 Å². The number of piperazine rings is 1. The van der Waals surface area contributed by atoms with E-state index < -0.39 is 0 Å². The summed E-state index contributed by atoms with van der Waals surface area (Å²) in [5.41, 5.74) is 3.76. The number of hydrogen-bond donors (Lipinski definition) is 2. The van der Waals surface area contributed by atoms with Crippen LogP contribution in [-0.2, 0) is 13.0 Å². The Balaban J connectivity index is 1.92. The van der Waals surface area contributed by atoms with Crippen LogP contribution in [0.2, 0.25) is 0 Å². The van der Waals surface area contributed by atoms with Gasteiger partial charge in [-0.3, -0.25) is 9.91 Å². The van der Waals surface area contributed by atoms with E-state index in [0.717, 1.165) is 19.5 Å². The minimum atomic E-state index is -0.0279. The minimum Gasteiger partial charge on any atom is -0.321 e. The molecule has 1 atom stereocenters. The summed E-state index contributed by atoms with van der Waals surface area (Å²) in [5.74, 6) is 12.5. The fourth-order valence-electron chi connectivity index (χ4n) is 3.23. The van der Waals surface area contributed by atoms with Crippen molar-refractivity contribution in [3.63, 3.8) is 0 Å². The first-order valence-electron chi connectivity index (χ1n) is 8.39. The summed E-state index contributed by atoms with van der Waals surface area (Å²) < 4.78 is 0. The van der Waals surface area contributed by atoms with E-state index in [1.54, 1.807) is 5.01 Å². The molecule has 0 bridgehead atoms. The van der Waals surface area contributed by atoms with Crippen molar-refractivity contribution in [3.05, 3.63) is 71.3 Å². The lowest BCUT2D eigenvalue weighted by atomic mass is 9.99. The summed E-state index contributed by atoms with van der Waals surface area (Å²) in [6.45, 7) is 4.58. The zero-order valence-electron chi connectivity index (χ0n) is 14.1. The number of hydrogen-bond acceptors (Lipinski definition) is 4. The van der Waals surface area contributed by atoms with Crippen molar-refractivity contribution in [2.75, 3.05) is 13.1 Å². The van der Waals surface area contributed by atoms with Crippen LogP contribution < -0.4 is 11.7 Å². The average molecular weight is 323 g/mol. The van der Waals surface area contributed by atoms with Crippen molar-refractivity contribution in [1.82, 2.24) is 9.91 Å². The van der Waals surface area contributed by atoms with Gasteiger partial charge in [-0.2, -0.15) is 5.10 Å². The second kappa shape index (κ2) is 7.47. The standard InChI is InChI=1S/C19H25N5/c1-2-15-8-10-17(11-9-15)18-19(22-20)24(21)13-12-23(18)14-16-6-4-3-5-7-16/h3-11,18H,2,12-14,20-21H2,1H3/b22-19-. The van der Waals surface area contributed by atoms with Crippen molar-refractivity contribution in [3.8, 4) is 0 Å². The third kappa shape index (κ3) is 3.42. The number of rotatable bonds is 4. The molecule has 1 aliphatic heterocycles. The summed E-state index contributed by atoms with van der Waals surface area (Å²) >= 11 is 0. The van der Waals surface area contributed by atoms with Gasteiger partial charge in [0, 0.05) is 19.6 Å². The van der Waals surface area contributed by atoms with E-state index in [2.05, 4.69) is 65.5 Å². The Labute approximate surface area is 143 Å². The molecule has 4 N–H and O–H groups in total. The normalized spacial score (nSPS) is 20.5. The molecule has 24 heavy (non-hydrogen) atoms. The molecular weight excluding hydrogens is 298 g/mol. The monoisotopic (exact) mass is 323 g/mol. The van der Waals surface area contributed by atoms with Gasteiger partial charge in [0.1, 0.15) is 0 Å². The summed E-state index contributed by atoms with van der Waals surface area (Å²) in [7, 11) is 0. The van der Waals surface area contributed by atoms with Crippen LogP contribution in [0.3, 0.4) is 0 Å². The molecule has 0 spiro atoms. The van der Waals surface area contributed by atoms with Gasteiger partial charge in [0.05, 0.1) is 6.04 Å².